The highest BCUT2D eigenvalue weighted by molar-refractivity contribution is 6.31. The van der Waals surface area contributed by atoms with Crippen LogP contribution in [0.2, 0.25) is 5.02 Å². The standard InChI is InChI=1S/C10H7ClN2O2/c11-7-2-1-6-4-12-13-10(8(6)3-7)9(15)5-14/h1-5,14-15H. The first kappa shape index (κ1) is 9.73. The van der Waals surface area contributed by atoms with Crippen molar-refractivity contribution in [1.29, 1.82) is 0 Å². The van der Waals surface area contributed by atoms with Gasteiger partial charge in [-0.1, -0.05) is 17.7 Å². The molecule has 0 aliphatic heterocycles. The predicted octanol–water partition coefficient (Wildman–Crippen LogP) is 2.70. The van der Waals surface area contributed by atoms with Crippen LogP contribution in [-0.4, -0.2) is 20.4 Å². The minimum Gasteiger partial charge on any atom is -0.512 e. The summed E-state index contributed by atoms with van der Waals surface area (Å²) in [6, 6.07) is 5.14. The van der Waals surface area contributed by atoms with Gasteiger partial charge in [-0.2, -0.15) is 5.10 Å². The van der Waals surface area contributed by atoms with Gasteiger partial charge >= 0.3 is 0 Å². The Morgan fingerprint density at radius 3 is 2.93 bits per heavy atom. The van der Waals surface area contributed by atoms with E-state index in [1.54, 1.807) is 24.4 Å². The van der Waals surface area contributed by atoms with E-state index in [0.29, 0.717) is 16.7 Å². The average Bonchev–Trinajstić information content (AvgIpc) is 2.27. The SMILES string of the molecule is OC=C(O)c1nncc2ccc(Cl)cc12. The lowest BCUT2D eigenvalue weighted by Gasteiger charge is -2.02. The van der Waals surface area contributed by atoms with Crippen LogP contribution in [0.3, 0.4) is 0 Å². The molecule has 1 aromatic carbocycles. The molecule has 0 aliphatic carbocycles. The molecule has 2 rings (SSSR count). The number of aliphatic hydroxyl groups excluding tert-OH is 2. The Morgan fingerprint density at radius 2 is 2.20 bits per heavy atom. The lowest BCUT2D eigenvalue weighted by atomic mass is 10.1. The van der Waals surface area contributed by atoms with E-state index >= 15 is 0 Å². The number of aromatic nitrogens is 2. The van der Waals surface area contributed by atoms with Crippen molar-refractivity contribution in [2.75, 3.05) is 0 Å². The van der Waals surface area contributed by atoms with Gasteiger partial charge in [0.2, 0.25) is 0 Å². The third-order valence-corrected chi connectivity index (χ3v) is 2.23. The fourth-order valence-corrected chi connectivity index (χ4v) is 1.47. The van der Waals surface area contributed by atoms with Gasteiger partial charge in [0.25, 0.3) is 0 Å². The summed E-state index contributed by atoms with van der Waals surface area (Å²) >= 11 is 5.83. The molecular formula is C10H7ClN2O2. The van der Waals surface area contributed by atoms with Gasteiger partial charge in [-0.15, -0.1) is 5.10 Å². The van der Waals surface area contributed by atoms with E-state index < -0.39 is 0 Å². The summed E-state index contributed by atoms with van der Waals surface area (Å²) in [6.07, 6.45) is 2.13. The first-order valence-electron chi connectivity index (χ1n) is 4.17. The maximum atomic E-state index is 9.38. The Bertz CT molecular complexity index is 540. The van der Waals surface area contributed by atoms with Crippen molar-refractivity contribution in [1.82, 2.24) is 10.2 Å². The van der Waals surface area contributed by atoms with Gasteiger partial charge in [0.15, 0.2) is 5.76 Å². The second kappa shape index (κ2) is 3.74. The van der Waals surface area contributed by atoms with Crippen LogP contribution in [0.1, 0.15) is 5.69 Å². The zero-order valence-corrected chi connectivity index (χ0v) is 8.31. The molecule has 0 amide bonds. The van der Waals surface area contributed by atoms with Crippen LogP contribution < -0.4 is 0 Å². The Kier molecular flexibility index (Phi) is 2.43. The van der Waals surface area contributed by atoms with E-state index in [9.17, 15) is 5.11 Å². The van der Waals surface area contributed by atoms with Crippen molar-refractivity contribution < 1.29 is 10.2 Å². The molecule has 0 saturated heterocycles. The normalized spacial score (nSPS) is 11.9. The van der Waals surface area contributed by atoms with Gasteiger partial charge in [0.05, 0.1) is 6.20 Å². The fraction of sp³-hybridized carbons (Fsp3) is 0. The highest BCUT2D eigenvalue weighted by Gasteiger charge is 2.08. The number of aliphatic hydroxyl groups is 2. The van der Waals surface area contributed by atoms with Crippen molar-refractivity contribution in [2.24, 2.45) is 0 Å². The maximum absolute atomic E-state index is 9.38. The quantitative estimate of drug-likeness (QED) is 0.728. The third-order valence-electron chi connectivity index (χ3n) is 1.99. The molecular weight excluding hydrogens is 216 g/mol. The van der Waals surface area contributed by atoms with Crippen molar-refractivity contribution in [2.45, 2.75) is 0 Å². The number of nitrogens with zero attached hydrogens (tertiary/aromatic N) is 2. The summed E-state index contributed by atoms with van der Waals surface area (Å²) in [5.41, 5.74) is 0.206. The summed E-state index contributed by atoms with van der Waals surface area (Å²) in [6.45, 7) is 0. The summed E-state index contributed by atoms with van der Waals surface area (Å²) in [5.74, 6) is -0.338. The minimum atomic E-state index is -0.338. The summed E-state index contributed by atoms with van der Waals surface area (Å²) < 4.78 is 0. The molecule has 0 radical (unpaired) electrons. The van der Waals surface area contributed by atoms with Crippen LogP contribution in [0.15, 0.2) is 30.7 Å². The van der Waals surface area contributed by atoms with E-state index in [1.807, 2.05) is 0 Å². The Labute approximate surface area is 90.5 Å². The second-order valence-electron chi connectivity index (χ2n) is 2.94. The highest BCUT2D eigenvalue weighted by Crippen LogP contribution is 2.23. The molecule has 2 aromatic rings. The van der Waals surface area contributed by atoms with Crippen LogP contribution in [0, 0.1) is 0 Å². The number of halogens is 1. The van der Waals surface area contributed by atoms with Gasteiger partial charge in [-0.05, 0) is 12.1 Å². The maximum Gasteiger partial charge on any atom is 0.178 e. The summed E-state index contributed by atoms with van der Waals surface area (Å²) in [5, 5.41) is 27.5. The molecule has 15 heavy (non-hydrogen) atoms. The largest absolute Gasteiger partial charge is 0.512 e. The van der Waals surface area contributed by atoms with E-state index in [-0.39, 0.29) is 11.5 Å². The van der Waals surface area contributed by atoms with Crippen LogP contribution >= 0.6 is 11.6 Å². The van der Waals surface area contributed by atoms with Gasteiger partial charge in [-0.3, -0.25) is 0 Å². The first-order valence-corrected chi connectivity index (χ1v) is 4.55. The predicted molar refractivity (Wildman–Crippen MR) is 57.8 cm³/mol. The van der Waals surface area contributed by atoms with Crippen LogP contribution in [0.4, 0.5) is 0 Å². The van der Waals surface area contributed by atoms with Crippen molar-refractivity contribution in [3.63, 3.8) is 0 Å². The van der Waals surface area contributed by atoms with Crippen molar-refractivity contribution in [3.05, 3.63) is 41.4 Å². The molecule has 76 valence electrons. The number of hydrogen-bond donors (Lipinski definition) is 2. The average molecular weight is 223 g/mol. The third kappa shape index (κ3) is 1.71. The summed E-state index contributed by atoms with van der Waals surface area (Å²) in [7, 11) is 0. The first-order chi connectivity index (χ1) is 7.22. The van der Waals surface area contributed by atoms with E-state index in [0.717, 1.165) is 5.39 Å². The molecule has 0 fully saturated rings. The lowest BCUT2D eigenvalue weighted by Crippen LogP contribution is -1.93. The number of hydrogen-bond acceptors (Lipinski definition) is 4. The van der Waals surface area contributed by atoms with Crippen LogP contribution in [0.25, 0.3) is 16.5 Å². The molecule has 0 saturated carbocycles. The summed E-state index contributed by atoms with van der Waals surface area (Å²) in [4.78, 5) is 0. The van der Waals surface area contributed by atoms with E-state index in [2.05, 4.69) is 10.2 Å². The zero-order chi connectivity index (χ0) is 10.8. The Hall–Kier alpha value is -1.81. The molecule has 0 spiro atoms. The molecule has 1 heterocycles. The van der Waals surface area contributed by atoms with E-state index in [4.69, 9.17) is 16.7 Å². The molecule has 0 atom stereocenters. The minimum absolute atomic E-state index is 0.206. The molecule has 4 nitrogen and oxygen atoms in total. The van der Waals surface area contributed by atoms with Gasteiger partial charge in [-0.25, -0.2) is 0 Å². The fourth-order valence-electron chi connectivity index (χ4n) is 1.30. The van der Waals surface area contributed by atoms with Gasteiger partial charge < -0.3 is 10.2 Å². The smallest absolute Gasteiger partial charge is 0.178 e. The molecule has 0 bridgehead atoms. The second-order valence-corrected chi connectivity index (χ2v) is 3.38. The monoisotopic (exact) mass is 222 g/mol. The van der Waals surface area contributed by atoms with E-state index in [1.165, 1.54) is 0 Å². The molecule has 2 N–H and O–H groups in total. The molecule has 0 unspecified atom stereocenters. The molecule has 0 aliphatic rings. The van der Waals surface area contributed by atoms with Crippen LogP contribution in [0.5, 0.6) is 0 Å². The number of rotatable bonds is 1. The lowest BCUT2D eigenvalue weighted by molar-refractivity contribution is 0.430. The van der Waals surface area contributed by atoms with Crippen molar-refractivity contribution >= 4 is 28.1 Å². The van der Waals surface area contributed by atoms with Crippen LogP contribution in [-0.2, 0) is 0 Å². The Morgan fingerprint density at radius 1 is 1.40 bits per heavy atom. The van der Waals surface area contributed by atoms with Gasteiger partial charge in [0.1, 0.15) is 12.0 Å². The zero-order valence-electron chi connectivity index (χ0n) is 7.55. The topological polar surface area (TPSA) is 66.2 Å². The Balaban J connectivity index is 2.79. The molecule has 5 heteroatoms. The molecule has 1 aromatic heterocycles. The van der Waals surface area contributed by atoms with Crippen molar-refractivity contribution in [3.8, 4) is 0 Å². The number of benzene rings is 1. The van der Waals surface area contributed by atoms with Gasteiger partial charge in [0, 0.05) is 15.8 Å². The number of fused-ring (bicyclic) bond motifs is 1. The highest BCUT2D eigenvalue weighted by atomic mass is 35.5.